The Bertz CT molecular complexity index is 1350. The Hall–Kier alpha value is -3.10. The third-order valence-corrected chi connectivity index (χ3v) is 7.49. The van der Waals surface area contributed by atoms with Crippen molar-refractivity contribution in [2.24, 2.45) is 0 Å². The molecule has 0 bridgehead atoms. The van der Waals surface area contributed by atoms with Crippen LogP contribution in [-0.2, 0) is 16.2 Å². The SMILES string of the molecule is O=C(CN1C(=O)S/C(=C/c2cc(Br)ccc2OCc2ccc3ccccc3c2)C1=O)N1CCCC1. The number of hydrogen-bond acceptors (Lipinski definition) is 5. The van der Waals surface area contributed by atoms with Gasteiger partial charge in [-0.15, -0.1) is 0 Å². The van der Waals surface area contributed by atoms with Crippen molar-refractivity contribution in [2.45, 2.75) is 19.4 Å². The Balaban J connectivity index is 1.33. The zero-order chi connectivity index (χ0) is 24.4. The second-order valence-electron chi connectivity index (χ2n) is 8.51. The summed E-state index contributed by atoms with van der Waals surface area (Å²) >= 11 is 4.32. The van der Waals surface area contributed by atoms with E-state index in [0.717, 1.165) is 44.9 Å². The van der Waals surface area contributed by atoms with Crippen LogP contribution in [0.5, 0.6) is 5.75 Å². The lowest BCUT2D eigenvalue weighted by Crippen LogP contribution is -2.40. The number of likely N-dealkylation sites (tertiary alicyclic amines) is 1. The summed E-state index contributed by atoms with van der Waals surface area (Å²) in [6.07, 6.45) is 3.57. The Morgan fingerprint density at radius 3 is 2.57 bits per heavy atom. The van der Waals surface area contributed by atoms with Crippen molar-refractivity contribution in [1.29, 1.82) is 0 Å². The van der Waals surface area contributed by atoms with Crippen LogP contribution in [0, 0.1) is 0 Å². The zero-order valence-corrected chi connectivity index (χ0v) is 21.3. The van der Waals surface area contributed by atoms with Crippen molar-refractivity contribution in [1.82, 2.24) is 9.80 Å². The number of amides is 3. The van der Waals surface area contributed by atoms with Gasteiger partial charge in [0, 0.05) is 23.1 Å². The second-order valence-corrected chi connectivity index (χ2v) is 10.4. The molecular formula is C27H23BrN2O4S. The van der Waals surface area contributed by atoms with Crippen molar-refractivity contribution in [3.05, 3.63) is 81.2 Å². The number of ether oxygens (including phenoxy) is 1. The van der Waals surface area contributed by atoms with Crippen LogP contribution >= 0.6 is 27.7 Å². The highest BCUT2D eigenvalue weighted by molar-refractivity contribution is 9.10. The number of carbonyl (C=O) groups is 3. The third kappa shape index (κ3) is 5.28. The van der Waals surface area contributed by atoms with Gasteiger partial charge >= 0.3 is 0 Å². The molecule has 3 amide bonds. The normalized spacial score (nSPS) is 17.1. The number of halogens is 1. The molecule has 0 unspecified atom stereocenters. The highest BCUT2D eigenvalue weighted by atomic mass is 79.9. The maximum atomic E-state index is 13.0. The fourth-order valence-corrected chi connectivity index (χ4v) is 5.44. The average Bonchev–Trinajstić information content (AvgIpc) is 3.48. The smallest absolute Gasteiger partial charge is 0.294 e. The number of hydrogen-bond donors (Lipinski definition) is 0. The first kappa shape index (κ1) is 23.6. The summed E-state index contributed by atoms with van der Waals surface area (Å²) in [6.45, 7) is 1.51. The standard InChI is InChI=1S/C27H23BrN2O4S/c28-22-9-10-23(34-17-18-7-8-19-5-1-2-6-20(19)13-18)21(14-22)15-24-26(32)30(27(33)35-24)16-25(31)29-11-3-4-12-29/h1-2,5-10,13-15H,3-4,11-12,16-17H2/b24-15+. The first-order valence-corrected chi connectivity index (χ1v) is 13.0. The molecule has 5 rings (SSSR count). The molecule has 6 nitrogen and oxygen atoms in total. The van der Waals surface area contributed by atoms with E-state index in [2.05, 4.69) is 40.2 Å². The predicted octanol–water partition coefficient (Wildman–Crippen LogP) is 5.84. The summed E-state index contributed by atoms with van der Waals surface area (Å²) in [5.41, 5.74) is 1.70. The van der Waals surface area contributed by atoms with Gasteiger partial charge < -0.3 is 9.64 Å². The van der Waals surface area contributed by atoms with Crippen molar-refractivity contribution in [2.75, 3.05) is 19.6 Å². The first-order chi connectivity index (χ1) is 17.0. The van der Waals surface area contributed by atoms with Crippen molar-refractivity contribution in [3.63, 3.8) is 0 Å². The molecule has 2 heterocycles. The van der Waals surface area contributed by atoms with Gasteiger partial charge in [-0.1, -0.05) is 52.3 Å². The summed E-state index contributed by atoms with van der Waals surface area (Å²) in [5, 5.41) is 1.88. The fraction of sp³-hybridized carbons (Fsp3) is 0.222. The van der Waals surface area contributed by atoms with Crippen LogP contribution in [0.3, 0.4) is 0 Å². The van der Waals surface area contributed by atoms with Gasteiger partial charge in [-0.05, 0) is 71.3 Å². The van der Waals surface area contributed by atoms with Crippen molar-refractivity contribution in [3.8, 4) is 5.75 Å². The molecule has 0 N–H and O–H groups in total. The van der Waals surface area contributed by atoms with E-state index in [0.29, 0.717) is 31.0 Å². The summed E-state index contributed by atoms with van der Waals surface area (Å²) in [6, 6.07) is 19.9. The van der Waals surface area contributed by atoms with E-state index in [1.807, 2.05) is 36.4 Å². The molecule has 2 aliphatic rings. The van der Waals surface area contributed by atoms with Crippen LogP contribution in [0.25, 0.3) is 16.8 Å². The Labute approximate surface area is 216 Å². The topological polar surface area (TPSA) is 66.9 Å². The van der Waals surface area contributed by atoms with Crippen LogP contribution in [0.2, 0.25) is 0 Å². The van der Waals surface area contributed by atoms with Gasteiger partial charge in [0.2, 0.25) is 5.91 Å². The molecule has 3 aromatic carbocycles. The molecule has 8 heteroatoms. The fourth-order valence-electron chi connectivity index (χ4n) is 4.23. The third-order valence-electron chi connectivity index (χ3n) is 6.09. The number of rotatable bonds is 6. The van der Waals surface area contributed by atoms with Crippen LogP contribution in [0.15, 0.2) is 70.0 Å². The molecule has 0 saturated carbocycles. The largest absolute Gasteiger partial charge is 0.488 e. The lowest BCUT2D eigenvalue weighted by atomic mass is 10.1. The monoisotopic (exact) mass is 550 g/mol. The van der Waals surface area contributed by atoms with Crippen molar-refractivity contribution >= 4 is 61.6 Å². The van der Waals surface area contributed by atoms with Gasteiger partial charge in [-0.25, -0.2) is 0 Å². The summed E-state index contributed by atoms with van der Waals surface area (Å²) in [7, 11) is 0. The maximum Gasteiger partial charge on any atom is 0.294 e. The number of benzene rings is 3. The van der Waals surface area contributed by atoms with Gasteiger partial charge in [0.25, 0.3) is 11.1 Å². The average molecular weight is 551 g/mol. The highest BCUT2D eigenvalue weighted by Crippen LogP contribution is 2.35. The maximum absolute atomic E-state index is 13.0. The number of fused-ring (bicyclic) bond motifs is 1. The predicted molar refractivity (Wildman–Crippen MR) is 141 cm³/mol. The molecule has 3 aromatic rings. The number of nitrogens with zero attached hydrogens (tertiary/aromatic N) is 2. The number of thioether (sulfide) groups is 1. The van der Waals surface area contributed by atoms with E-state index >= 15 is 0 Å². The van der Waals surface area contributed by atoms with Gasteiger partial charge in [-0.2, -0.15) is 0 Å². The molecule has 0 spiro atoms. The lowest BCUT2D eigenvalue weighted by molar-refractivity contribution is -0.135. The minimum Gasteiger partial charge on any atom is -0.488 e. The molecule has 2 saturated heterocycles. The molecule has 35 heavy (non-hydrogen) atoms. The molecule has 2 aliphatic heterocycles. The van der Waals surface area contributed by atoms with Crippen LogP contribution in [0.4, 0.5) is 4.79 Å². The van der Waals surface area contributed by atoms with Gasteiger partial charge in [0.05, 0.1) is 4.91 Å². The van der Waals surface area contributed by atoms with Gasteiger partial charge in [-0.3, -0.25) is 19.3 Å². The Kier molecular flexibility index (Phi) is 6.92. The van der Waals surface area contributed by atoms with E-state index < -0.39 is 11.1 Å². The summed E-state index contributed by atoms with van der Waals surface area (Å²) in [4.78, 5) is 41.0. The number of imide groups is 1. The van der Waals surface area contributed by atoms with Gasteiger partial charge in [0.1, 0.15) is 18.9 Å². The molecule has 0 aliphatic carbocycles. The summed E-state index contributed by atoms with van der Waals surface area (Å²) < 4.78 is 6.94. The Morgan fingerprint density at radius 1 is 1.00 bits per heavy atom. The molecule has 2 fully saturated rings. The first-order valence-electron chi connectivity index (χ1n) is 11.4. The highest BCUT2D eigenvalue weighted by Gasteiger charge is 2.37. The van der Waals surface area contributed by atoms with Crippen LogP contribution in [-0.4, -0.2) is 46.5 Å². The van der Waals surface area contributed by atoms with Crippen molar-refractivity contribution < 1.29 is 19.1 Å². The van der Waals surface area contributed by atoms with Gasteiger partial charge in [0.15, 0.2) is 0 Å². The molecular weight excluding hydrogens is 528 g/mol. The van der Waals surface area contributed by atoms with Crippen LogP contribution in [0.1, 0.15) is 24.0 Å². The van der Waals surface area contributed by atoms with E-state index in [9.17, 15) is 14.4 Å². The Morgan fingerprint density at radius 2 is 1.77 bits per heavy atom. The molecule has 0 aromatic heterocycles. The van der Waals surface area contributed by atoms with Crippen LogP contribution < -0.4 is 4.74 Å². The molecule has 0 radical (unpaired) electrons. The lowest BCUT2D eigenvalue weighted by Gasteiger charge is -2.18. The van der Waals surface area contributed by atoms with E-state index in [4.69, 9.17) is 4.74 Å². The van der Waals surface area contributed by atoms with E-state index in [-0.39, 0.29) is 17.4 Å². The minimum atomic E-state index is -0.451. The zero-order valence-electron chi connectivity index (χ0n) is 18.9. The van der Waals surface area contributed by atoms with E-state index in [1.54, 1.807) is 11.0 Å². The molecule has 0 atom stereocenters. The minimum absolute atomic E-state index is 0.187. The molecule has 178 valence electrons. The number of carbonyl (C=O) groups excluding carboxylic acids is 3. The quantitative estimate of drug-likeness (QED) is 0.360. The second kappa shape index (κ2) is 10.3. The van der Waals surface area contributed by atoms with E-state index in [1.165, 1.54) is 5.39 Å². The summed E-state index contributed by atoms with van der Waals surface area (Å²) in [5.74, 6) is -0.0396.